The predicted octanol–water partition coefficient (Wildman–Crippen LogP) is 6.02. The molecule has 202 valence electrons. The summed E-state index contributed by atoms with van der Waals surface area (Å²) in [5.74, 6) is 2.24. The molecule has 0 bridgehead atoms. The summed E-state index contributed by atoms with van der Waals surface area (Å²) in [6, 6.07) is 2.13. The van der Waals surface area contributed by atoms with Crippen LogP contribution in [0.5, 0.6) is 0 Å². The summed E-state index contributed by atoms with van der Waals surface area (Å²) in [5.41, 5.74) is 1.08. The van der Waals surface area contributed by atoms with E-state index in [1.807, 2.05) is 6.26 Å². The zero-order valence-electron chi connectivity index (χ0n) is 22.8. The van der Waals surface area contributed by atoms with Crippen molar-refractivity contribution in [3.8, 4) is 0 Å². The van der Waals surface area contributed by atoms with Gasteiger partial charge in [0.05, 0.1) is 44.1 Å². The van der Waals surface area contributed by atoms with Crippen LogP contribution < -0.4 is 0 Å². The highest BCUT2D eigenvalue weighted by molar-refractivity contribution is 5.26. The Hall–Kier alpha value is -0.880. The lowest BCUT2D eigenvalue weighted by atomic mass is 9.43. The van der Waals surface area contributed by atoms with E-state index in [2.05, 4.69) is 24.8 Å². The Morgan fingerprint density at radius 2 is 1.83 bits per heavy atom. The summed E-state index contributed by atoms with van der Waals surface area (Å²) >= 11 is 0. The van der Waals surface area contributed by atoms with Gasteiger partial charge in [-0.05, 0) is 124 Å². The Morgan fingerprint density at radius 1 is 0.972 bits per heavy atom. The standard InChI is InChI=1S/C31H49NO4/c1-29-11-7-25(36-20-19-34-18-16-32-14-3-4-15-32)21-24(29)5-6-28-27(29)8-12-30(2)26(9-13-31(28,30)33)23-10-17-35-22-23/h10,17,22,24-28,33H,3-9,11-16,18-21H2,1-2H3/t24-,25+,26+,27+,28-,29+,30-,31-/m1/s1. The largest absolute Gasteiger partial charge is 0.472 e. The van der Waals surface area contributed by atoms with Gasteiger partial charge < -0.3 is 23.9 Å². The molecule has 1 aliphatic heterocycles. The Morgan fingerprint density at radius 3 is 2.64 bits per heavy atom. The van der Waals surface area contributed by atoms with Crippen LogP contribution in [0.15, 0.2) is 23.0 Å². The molecule has 6 rings (SSSR count). The highest BCUT2D eigenvalue weighted by atomic mass is 16.5. The molecule has 1 saturated heterocycles. The molecule has 5 fully saturated rings. The van der Waals surface area contributed by atoms with Gasteiger partial charge in [0.1, 0.15) is 0 Å². The number of ether oxygens (including phenoxy) is 2. The number of furan rings is 1. The highest BCUT2D eigenvalue weighted by Crippen LogP contribution is 2.70. The monoisotopic (exact) mass is 499 g/mol. The van der Waals surface area contributed by atoms with E-state index in [0.29, 0.717) is 29.3 Å². The SMILES string of the molecule is C[C@]12CC[C@H](OCCOCCN3CCCC3)C[C@H]1CC[C@@H]1[C@@H]2CC[C@]2(C)[C@H](c3ccoc3)CC[C@@]12O. The molecule has 1 aromatic heterocycles. The fourth-order valence-corrected chi connectivity index (χ4v) is 9.92. The van der Waals surface area contributed by atoms with E-state index < -0.39 is 5.60 Å². The summed E-state index contributed by atoms with van der Waals surface area (Å²) in [5, 5.41) is 12.4. The van der Waals surface area contributed by atoms with Gasteiger partial charge in [0.25, 0.3) is 0 Å². The van der Waals surface area contributed by atoms with Crippen LogP contribution in [-0.4, -0.2) is 61.2 Å². The Labute approximate surface area is 218 Å². The van der Waals surface area contributed by atoms with E-state index in [1.165, 1.54) is 63.6 Å². The number of hydrogen-bond donors (Lipinski definition) is 1. The Balaban J connectivity index is 1.03. The van der Waals surface area contributed by atoms with Crippen molar-refractivity contribution in [2.24, 2.45) is 28.6 Å². The van der Waals surface area contributed by atoms with Crippen molar-refractivity contribution in [2.75, 3.05) is 39.5 Å². The molecule has 5 aliphatic rings. The summed E-state index contributed by atoms with van der Waals surface area (Å²) in [4.78, 5) is 2.51. The van der Waals surface area contributed by atoms with Gasteiger partial charge in [0.15, 0.2) is 0 Å². The highest BCUT2D eigenvalue weighted by Gasteiger charge is 2.67. The van der Waals surface area contributed by atoms with Crippen LogP contribution in [0.2, 0.25) is 0 Å². The van der Waals surface area contributed by atoms with Gasteiger partial charge in [-0.2, -0.15) is 0 Å². The molecule has 8 atom stereocenters. The fourth-order valence-electron chi connectivity index (χ4n) is 9.92. The molecule has 0 spiro atoms. The Bertz CT molecular complexity index is 868. The van der Waals surface area contributed by atoms with Crippen molar-refractivity contribution < 1.29 is 19.0 Å². The smallest absolute Gasteiger partial charge is 0.0937 e. The summed E-state index contributed by atoms with van der Waals surface area (Å²) in [6.45, 7) is 10.8. The quantitative estimate of drug-likeness (QED) is 0.443. The summed E-state index contributed by atoms with van der Waals surface area (Å²) in [7, 11) is 0. The average Bonchev–Trinajstić information content (AvgIpc) is 3.62. The molecule has 0 radical (unpaired) electrons. The number of likely N-dealkylation sites (tertiary alicyclic amines) is 1. The number of aliphatic hydroxyl groups is 1. The minimum Gasteiger partial charge on any atom is -0.472 e. The van der Waals surface area contributed by atoms with Crippen molar-refractivity contribution in [3.63, 3.8) is 0 Å². The zero-order valence-corrected chi connectivity index (χ0v) is 22.8. The van der Waals surface area contributed by atoms with E-state index in [9.17, 15) is 5.11 Å². The normalized spacial score (nSPS) is 44.8. The first-order valence-corrected chi connectivity index (χ1v) is 15.1. The van der Waals surface area contributed by atoms with E-state index in [1.54, 1.807) is 6.26 Å². The lowest BCUT2D eigenvalue weighted by molar-refractivity contribution is -0.207. The molecule has 5 heteroatoms. The summed E-state index contributed by atoms with van der Waals surface area (Å²) in [6.07, 6.45) is 17.3. The fraction of sp³-hybridized carbons (Fsp3) is 0.871. The zero-order chi connectivity index (χ0) is 24.8. The first-order valence-electron chi connectivity index (χ1n) is 15.1. The second kappa shape index (κ2) is 10.0. The first kappa shape index (κ1) is 25.4. The molecule has 1 N–H and O–H groups in total. The van der Waals surface area contributed by atoms with Crippen LogP contribution in [0, 0.1) is 28.6 Å². The lowest BCUT2D eigenvalue weighted by Crippen LogP contribution is -2.62. The molecule has 2 heterocycles. The van der Waals surface area contributed by atoms with Crippen LogP contribution >= 0.6 is 0 Å². The van der Waals surface area contributed by atoms with Crippen molar-refractivity contribution >= 4 is 0 Å². The first-order chi connectivity index (χ1) is 17.4. The second-order valence-electron chi connectivity index (χ2n) is 13.4. The maximum Gasteiger partial charge on any atom is 0.0937 e. The van der Waals surface area contributed by atoms with Crippen molar-refractivity contribution in [1.29, 1.82) is 0 Å². The minimum absolute atomic E-state index is 0.0314. The molecular weight excluding hydrogens is 450 g/mol. The predicted molar refractivity (Wildman–Crippen MR) is 141 cm³/mol. The van der Waals surface area contributed by atoms with Gasteiger partial charge in [-0.25, -0.2) is 0 Å². The molecule has 5 nitrogen and oxygen atoms in total. The minimum atomic E-state index is -0.536. The third kappa shape index (κ3) is 4.21. The van der Waals surface area contributed by atoms with E-state index in [0.717, 1.165) is 58.0 Å². The molecule has 1 aromatic rings. The topological polar surface area (TPSA) is 55.1 Å². The van der Waals surface area contributed by atoms with E-state index >= 15 is 0 Å². The van der Waals surface area contributed by atoms with E-state index in [4.69, 9.17) is 13.9 Å². The lowest BCUT2D eigenvalue weighted by Gasteiger charge is -2.63. The maximum absolute atomic E-state index is 12.4. The maximum atomic E-state index is 12.4. The molecular formula is C31H49NO4. The molecule has 0 unspecified atom stereocenters. The van der Waals surface area contributed by atoms with Crippen LogP contribution in [0.4, 0.5) is 0 Å². The second-order valence-corrected chi connectivity index (χ2v) is 13.4. The van der Waals surface area contributed by atoms with Crippen molar-refractivity contribution in [3.05, 3.63) is 24.2 Å². The molecule has 0 amide bonds. The third-order valence-corrected chi connectivity index (χ3v) is 12.1. The number of nitrogens with zero attached hydrogens (tertiary/aromatic N) is 1. The number of hydrogen-bond acceptors (Lipinski definition) is 5. The van der Waals surface area contributed by atoms with Crippen LogP contribution in [0.3, 0.4) is 0 Å². The van der Waals surface area contributed by atoms with Gasteiger partial charge in [-0.3, -0.25) is 0 Å². The third-order valence-electron chi connectivity index (χ3n) is 12.1. The van der Waals surface area contributed by atoms with E-state index in [-0.39, 0.29) is 5.41 Å². The van der Waals surface area contributed by atoms with Gasteiger partial charge in [-0.15, -0.1) is 0 Å². The Kier molecular flexibility index (Phi) is 7.07. The van der Waals surface area contributed by atoms with Gasteiger partial charge in [0.2, 0.25) is 0 Å². The average molecular weight is 500 g/mol. The van der Waals surface area contributed by atoms with Gasteiger partial charge >= 0.3 is 0 Å². The summed E-state index contributed by atoms with van der Waals surface area (Å²) < 4.78 is 17.7. The van der Waals surface area contributed by atoms with Gasteiger partial charge in [0, 0.05) is 12.0 Å². The van der Waals surface area contributed by atoms with Crippen LogP contribution in [-0.2, 0) is 9.47 Å². The van der Waals surface area contributed by atoms with Crippen molar-refractivity contribution in [1.82, 2.24) is 4.90 Å². The van der Waals surface area contributed by atoms with Gasteiger partial charge in [-0.1, -0.05) is 13.8 Å². The molecule has 4 saturated carbocycles. The molecule has 0 aromatic carbocycles. The number of fused-ring (bicyclic) bond motifs is 5. The van der Waals surface area contributed by atoms with Crippen LogP contribution in [0.25, 0.3) is 0 Å². The van der Waals surface area contributed by atoms with Crippen LogP contribution in [0.1, 0.15) is 96.0 Å². The number of rotatable bonds is 8. The van der Waals surface area contributed by atoms with Crippen molar-refractivity contribution in [2.45, 2.75) is 102 Å². The molecule has 4 aliphatic carbocycles. The molecule has 36 heavy (non-hydrogen) atoms.